The molecule has 1 aliphatic rings. The monoisotopic (exact) mass is 361 g/mol. The number of hydrogen-bond acceptors (Lipinski definition) is 7. The Balaban J connectivity index is 1.81. The van der Waals surface area contributed by atoms with Gasteiger partial charge in [0.05, 0.1) is 30.2 Å². The number of ether oxygens (including phenoxy) is 1. The van der Waals surface area contributed by atoms with Crippen LogP contribution in [0.3, 0.4) is 0 Å². The van der Waals surface area contributed by atoms with Crippen molar-refractivity contribution in [3.8, 4) is 0 Å². The molecular weight excluding hydrogens is 338 g/mol. The number of rotatable bonds is 4. The van der Waals surface area contributed by atoms with Gasteiger partial charge in [-0.05, 0) is 33.3 Å². The number of fused-ring (bicyclic) bond motifs is 5. The van der Waals surface area contributed by atoms with Crippen molar-refractivity contribution in [3.05, 3.63) is 22.1 Å². The first-order valence-corrected chi connectivity index (χ1v) is 9.35. The molecule has 4 heterocycles. The van der Waals surface area contributed by atoms with Gasteiger partial charge in [-0.2, -0.15) is 4.52 Å². The second-order valence-corrected chi connectivity index (χ2v) is 8.40. The summed E-state index contributed by atoms with van der Waals surface area (Å²) < 4.78 is 7.78. The van der Waals surface area contributed by atoms with Gasteiger partial charge in [0.2, 0.25) is 0 Å². The van der Waals surface area contributed by atoms with Gasteiger partial charge in [0.25, 0.3) is 0 Å². The largest absolute Gasteiger partial charge is 0.392 e. The topological polar surface area (TPSA) is 84.6 Å². The third-order valence-electron chi connectivity index (χ3n) is 4.44. The van der Waals surface area contributed by atoms with E-state index in [-0.39, 0.29) is 5.60 Å². The molecule has 3 aromatic heterocycles. The Labute approximate surface area is 150 Å². The molecule has 0 spiro atoms. The van der Waals surface area contributed by atoms with E-state index >= 15 is 0 Å². The minimum absolute atomic E-state index is 0.176. The lowest BCUT2D eigenvalue weighted by atomic mass is 9.94. The summed E-state index contributed by atoms with van der Waals surface area (Å²) in [5, 5.41) is 18.3. The van der Waals surface area contributed by atoms with Gasteiger partial charge in [-0.15, -0.1) is 16.4 Å². The number of aryl methyl sites for hydroxylation is 1. The zero-order valence-corrected chi connectivity index (χ0v) is 15.8. The second kappa shape index (κ2) is 5.98. The van der Waals surface area contributed by atoms with E-state index in [0.717, 1.165) is 28.1 Å². The van der Waals surface area contributed by atoms with E-state index in [1.807, 2.05) is 11.4 Å². The standard InChI is InChI=1S/C17H23N5O2S/c1-9(23)6-18-7-13-20-15-14-11-5-17(3,4)24-8-12(11)25-16(14)19-10(2)22(15)21-13/h9,18,23H,5-8H2,1-4H3/t9-/m0/s1. The summed E-state index contributed by atoms with van der Waals surface area (Å²) in [5.41, 5.74) is 1.99. The van der Waals surface area contributed by atoms with Crippen LogP contribution < -0.4 is 5.32 Å². The maximum atomic E-state index is 9.38. The molecule has 25 heavy (non-hydrogen) atoms. The van der Waals surface area contributed by atoms with Crippen molar-refractivity contribution in [3.63, 3.8) is 0 Å². The predicted molar refractivity (Wildman–Crippen MR) is 96.9 cm³/mol. The lowest BCUT2D eigenvalue weighted by molar-refractivity contribution is -0.0379. The molecule has 0 aliphatic carbocycles. The van der Waals surface area contributed by atoms with Crippen LogP contribution in [-0.4, -0.2) is 42.9 Å². The van der Waals surface area contributed by atoms with Crippen molar-refractivity contribution < 1.29 is 9.84 Å². The molecule has 1 aliphatic heterocycles. The van der Waals surface area contributed by atoms with Crippen molar-refractivity contribution in [2.24, 2.45) is 0 Å². The Bertz CT molecular complexity index is 944. The van der Waals surface area contributed by atoms with Crippen LogP contribution in [0.15, 0.2) is 0 Å². The number of nitrogens with zero attached hydrogens (tertiary/aromatic N) is 4. The van der Waals surface area contributed by atoms with Gasteiger partial charge < -0.3 is 15.2 Å². The van der Waals surface area contributed by atoms with E-state index in [1.165, 1.54) is 10.4 Å². The molecule has 4 rings (SSSR count). The minimum Gasteiger partial charge on any atom is -0.392 e. The Hall–Kier alpha value is -1.61. The number of hydrogen-bond donors (Lipinski definition) is 2. The van der Waals surface area contributed by atoms with Crippen LogP contribution in [0.1, 0.15) is 42.9 Å². The van der Waals surface area contributed by atoms with Crippen molar-refractivity contribution in [1.29, 1.82) is 0 Å². The van der Waals surface area contributed by atoms with E-state index in [9.17, 15) is 5.11 Å². The van der Waals surface area contributed by atoms with Crippen LogP contribution >= 0.6 is 11.3 Å². The second-order valence-electron chi connectivity index (χ2n) is 7.31. The van der Waals surface area contributed by atoms with E-state index in [2.05, 4.69) is 24.3 Å². The van der Waals surface area contributed by atoms with Gasteiger partial charge in [0, 0.05) is 17.8 Å². The van der Waals surface area contributed by atoms with E-state index in [0.29, 0.717) is 25.5 Å². The normalized spacial score (nSPS) is 18.0. The molecule has 0 unspecified atom stereocenters. The van der Waals surface area contributed by atoms with E-state index < -0.39 is 6.10 Å². The van der Waals surface area contributed by atoms with Crippen molar-refractivity contribution >= 4 is 27.2 Å². The van der Waals surface area contributed by atoms with Crippen LogP contribution in [-0.2, 0) is 24.3 Å². The first-order valence-electron chi connectivity index (χ1n) is 8.53. The molecule has 2 N–H and O–H groups in total. The van der Waals surface area contributed by atoms with Crippen molar-refractivity contribution in [2.45, 2.75) is 59.0 Å². The molecule has 3 aromatic rings. The zero-order chi connectivity index (χ0) is 17.8. The summed E-state index contributed by atoms with van der Waals surface area (Å²) in [5.74, 6) is 1.54. The number of aliphatic hydroxyl groups excluding tert-OH is 1. The average Bonchev–Trinajstić information content (AvgIpc) is 3.07. The molecule has 0 radical (unpaired) electrons. The Morgan fingerprint density at radius 3 is 2.96 bits per heavy atom. The molecule has 0 aromatic carbocycles. The van der Waals surface area contributed by atoms with Gasteiger partial charge in [-0.1, -0.05) is 0 Å². The lowest BCUT2D eigenvalue weighted by Gasteiger charge is -2.30. The highest BCUT2D eigenvalue weighted by Gasteiger charge is 2.31. The number of aromatic nitrogens is 4. The molecule has 8 heteroatoms. The van der Waals surface area contributed by atoms with Crippen LogP contribution in [0, 0.1) is 6.92 Å². The number of nitrogens with one attached hydrogen (secondary N) is 1. The van der Waals surface area contributed by atoms with Crippen LogP contribution in [0.2, 0.25) is 0 Å². The van der Waals surface area contributed by atoms with E-state index in [4.69, 9.17) is 14.7 Å². The van der Waals surface area contributed by atoms with Crippen LogP contribution in [0.25, 0.3) is 15.9 Å². The molecule has 0 bridgehead atoms. The van der Waals surface area contributed by atoms with Gasteiger partial charge >= 0.3 is 0 Å². The molecular formula is C17H23N5O2S. The van der Waals surface area contributed by atoms with Gasteiger partial charge in [0.1, 0.15) is 10.7 Å². The zero-order valence-electron chi connectivity index (χ0n) is 15.0. The highest BCUT2D eigenvalue weighted by molar-refractivity contribution is 7.19. The maximum Gasteiger partial charge on any atom is 0.168 e. The minimum atomic E-state index is -0.390. The lowest BCUT2D eigenvalue weighted by Crippen LogP contribution is -2.31. The van der Waals surface area contributed by atoms with Gasteiger partial charge in [-0.3, -0.25) is 0 Å². The fourth-order valence-electron chi connectivity index (χ4n) is 3.25. The third-order valence-corrected chi connectivity index (χ3v) is 5.54. The fraction of sp³-hybridized carbons (Fsp3) is 0.588. The first-order chi connectivity index (χ1) is 11.8. The Morgan fingerprint density at radius 1 is 1.40 bits per heavy atom. The summed E-state index contributed by atoms with van der Waals surface area (Å²) in [6, 6.07) is 0. The maximum absolute atomic E-state index is 9.38. The van der Waals surface area contributed by atoms with Crippen molar-refractivity contribution in [2.75, 3.05) is 6.54 Å². The SMILES string of the molecule is Cc1nc2sc3c(c2c2nc(CNC[C@H](C)O)nn12)CC(C)(C)OC3. The molecule has 1 atom stereocenters. The molecule has 0 amide bonds. The summed E-state index contributed by atoms with van der Waals surface area (Å²) >= 11 is 1.69. The summed E-state index contributed by atoms with van der Waals surface area (Å²) in [4.78, 5) is 11.8. The Morgan fingerprint density at radius 2 is 2.20 bits per heavy atom. The smallest absolute Gasteiger partial charge is 0.168 e. The highest BCUT2D eigenvalue weighted by atomic mass is 32.1. The van der Waals surface area contributed by atoms with Crippen LogP contribution in [0.5, 0.6) is 0 Å². The molecule has 0 saturated heterocycles. The third kappa shape index (κ3) is 3.03. The first kappa shape index (κ1) is 16.8. The quantitative estimate of drug-likeness (QED) is 0.739. The molecule has 0 fully saturated rings. The van der Waals surface area contributed by atoms with Gasteiger partial charge in [-0.25, -0.2) is 9.97 Å². The molecule has 0 saturated carbocycles. The summed E-state index contributed by atoms with van der Waals surface area (Å²) in [6.45, 7) is 9.61. The van der Waals surface area contributed by atoms with Crippen LogP contribution in [0.4, 0.5) is 0 Å². The van der Waals surface area contributed by atoms with Crippen molar-refractivity contribution in [1.82, 2.24) is 24.9 Å². The molecule has 134 valence electrons. The van der Waals surface area contributed by atoms with Gasteiger partial charge in [0.15, 0.2) is 11.5 Å². The fourth-order valence-corrected chi connectivity index (χ4v) is 4.40. The predicted octanol–water partition coefficient (Wildman–Crippen LogP) is 1.97. The number of thiophene rings is 1. The van der Waals surface area contributed by atoms with E-state index in [1.54, 1.807) is 18.3 Å². The number of aliphatic hydroxyl groups is 1. The average molecular weight is 361 g/mol. The highest BCUT2D eigenvalue weighted by Crippen LogP contribution is 2.39. The molecule has 7 nitrogen and oxygen atoms in total. The Kier molecular flexibility index (Phi) is 4.03. The summed E-state index contributed by atoms with van der Waals surface area (Å²) in [7, 11) is 0. The summed E-state index contributed by atoms with van der Waals surface area (Å²) in [6.07, 6.45) is 0.462.